The summed E-state index contributed by atoms with van der Waals surface area (Å²) in [5, 5.41) is 4.23. The van der Waals surface area contributed by atoms with Crippen LogP contribution in [0, 0.1) is 0 Å². The van der Waals surface area contributed by atoms with E-state index in [4.69, 9.17) is 0 Å². The predicted octanol–water partition coefficient (Wildman–Crippen LogP) is 1.91. The number of hydrogen-bond acceptors (Lipinski definition) is 3. The van der Waals surface area contributed by atoms with Gasteiger partial charge in [0.05, 0.1) is 6.20 Å². The Morgan fingerprint density at radius 3 is 2.71 bits per heavy atom. The monoisotopic (exact) mass is 329 g/mol. The van der Waals surface area contributed by atoms with Gasteiger partial charge in [-0.1, -0.05) is 0 Å². The third kappa shape index (κ3) is 4.26. The summed E-state index contributed by atoms with van der Waals surface area (Å²) in [6.45, 7) is 6.66. The fraction of sp³-hybridized carbons (Fsp3) is 0.556. The lowest BCUT2D eigenvalue weighted by atomic mass is 10.2. The van der Waals surface area contributed by atoms with Crippen LogP contribution in [0.3, 0.4) is 0 Å². The molecule has 3 rings (SSSR count). The molecule has 1 aliphatic heterocycles. The van der Waals surface area contributed by atoms with Crippen molar-refractivity contribution in [1.82, 2.24) is 24.1 Å². The van der Waals surface area contributed by atoms with E-state index in [9.17, 15) is 4.79 Å². The van der Waals surface area contributed by atoms with Crippen LogP contribution in [0.25, 0.3) is 0 Å². The molecule has 3 heterocycles. The van der Waals surface area contributed by atoms with Crippen molar-refractivity contribution in [3.63, 3.8) is 0 Å². The van der Waals surface area contributed by atoms with Gasteiger partial charge in [-0.15, -0.1) is 0 Å². The molecular weight excluding hydrogens is 302 g/mol. The Bertz CT molecular complexity index is 648. The standard InChI is InChI=1S/C18H27N5O/c1-16(22-7-3-4-8-22)12-18(24)23-9-5-6-21(10-11-23)15-17-13-19-20(2)14-17/h3-4,7-8,13-14,16H,5-6,9-12,15H2,1-2H3/t16-/m0/s1. The van der Waals surface area contributed by atoms with E-state index in [0.29, 0.717) is 6.42 Å². The van der Waals surface area contributed by atoms with Crippen molar-refractivity contribution < 1.29 is 4.79 Å². The number of aryl methyl sites for hydroxylation is 1. The number of carbonyl (C=O) groups excluding carboxylic acids is 1. The van der Waals surface area contributed by atoms with Gasteiger partial charge in [-0.05, 0) is 25.5 Å². The van der Waals surface area contributed by atoms with E-state index in [0.717, 1.165) is 39.1 Å². The normalized spacial score (nSPS) is 17.7. The zero-order valence-corrected chi connectivity index (χ0v) is 14.6. The Morgan fingerprint density at radius 2 is 2.00 bits per heavy atom. The zero-order chi connectivity index (χ0) is 16.9. The van der Waals surface area contributed by atoms with E-state index >= 15 is 0 Å². The average Bonchev–Trinajstić information content (AvgIpc) is 3.16. The number of carbonyl (C=O) groups is 1. The molecule has 2 aromatic heterocycles. The molecule has 1 atom stereocenters. The van der Waals surface area contributed by atoms with Gasteiger partial charge < -0.3 is 9.47 Å². The number of nitrogens with zero attached hydrogens (tertiary/aromatic N) is 5. The maximum atomic E-state index is 12.6. The Hall–Kier alpha value is -2.08. The first-order valence-corrected chi connectivity index (χ1v) is 8.72. The highest BCUT2D eigenvalue weighted by atomic mass is 16.2. The zero-order valence-electron chi connectivity index (χ0n) is 14.6. The second-order valence-corrected chi connectivity index (χ2v) is 6.72. The molecule has 2 aromatic rings. The van der Waals surface area contributed by atoms with Crippen LogP contribution in [0.4, 0.5) is 0 Å². The first-order valence-electron chi connectivity index (χ1n) is 8.72. The molecule has 0 aromatic carbocycles. The van der Waals surface area contributed by atoms with Gasteiger partial charge in [-0.25, -0.2) is 0 Å². The van der Waals surface area contributed by atoms with Crippen molar-refractivity contribution in [2.45, 2.75) is 32.4 Å². The Kier molecular flexibility index (Phi) is 5.35. The average molecular weight is 329 g/mol. The molecule has 0 radical (unpaired) electrons. The quantitative estimate of drug-likeness (QED) is 0.842. The Morgan fingerprint density at radius 1 is 1.21 bits per heavy atom. The number of aromatic nitrogens is 3. The van der Waals surface area contributed by atoms with E-state index < -0.39 is 0 Å². The van der Waals surface area contributed by atoms with Gasteiger partial charge in [-0.3, -0.25) is 14.4 Å². The van der Waals surface area contributed by atoms with Crippen molar-refractivity contribution in [1.29, 1.82) is 0 Å². The van der Waals surface area contributed by atoms with Gasteiger partial charge in [0.1, 0.15) is 0 Å². The van der Waals surface area contributed by atoms with Crippen molar-refractivity contribution >= 4 is 5.91 Å². The maximum absolute atomic E-state index is 12.6. The van der Waals surface area contributed by atoms with Crippen LogP contribution in [0.5, 0.6) is 0 Å². The number of rotatable bonds is 5. The van der Waals surface area contributed by atoms with E-state index in [1.165, 1.54) is 5.56 Å². The molecule has 6 heteroatoms. The van der Waals surface area contributed by atoms with Crippen LogP contribution in [0.1, 0.15) is 31.4 Å². The molecule has 0 N–H and O–H groups in total. The van der Waals surface area contributed by atoms with Crippen molar-refractivity contribution in [2.75, 3.05) is 26.2 Å². The van der Waals surface area contributed by atoms with Gasteiger partial charge in [-0.2, -0.15) is 5.10 Å². The van der Waals surface area contributed by atoms with E-state index in [1.807, 2.05) is 47.4 Å². The molecule has 1 aliphatic rings. The number of hydrogen-bond donors (Lipinski definition) is 0. The fourth-order valence-corrected chi connectivity index (χ4v) is 3.32. The van der Waals surface area contributed by atoms with Crippen LogP contribution in [-0.2, 0) is 18.4 Å². The summed E-state index contributed by atoms with van der Waals surface area (Å²) in [5.41, 5.74) is 1.23. The third-order valence-corrected chi connectivity index (χ3v) is 4.71. The molecule has 0 bridgehead atoms. The molecule has 0 unspecified atom stereocenters. The van der Waals surface area contributed by atoms with Gasteiger partial charge in [0.2, 0.25) is 5.91 Å². The minimum atomic E-state index is 0.210. The van der Waals surface area contributed by atoms with Gasteiger partial charge in [0.15, 0.2) is 0 Å². The van der Waals surface area contributed by atoms with Crippen LogP contribution < -0.4 is 0 Å². The summed E-state index contributed by atoms with van der Waals surface area (Å²) in [6.07, 6.45) is 9.63. The molecule has 0 aliphatic carbocycles. The topological polar surface area (TPSA) is 46.3 Å². The van der Waals surface area contributed by atoms with E-state index in [1.54, 1.807) is 0 Å². The SMILES string of the molecule is C[C@@H](CC(=O)N1CCCN(Cc2cnn(C)c2)CC1)n1cccc1. The number of amides is 1. The van der Waals surface area contributed by atoms with E-state index in [2.05, 4.69) is 27.7 Å². The summed E-state index contributed by atoms with van der Waals surface area (Å²) in [5.74, 6) is 0.263. The lowest BCUT2D eigenvalue weighted by molar-refractivity contribution is -0.131. The molecule has 1 amide bonds. The van der Waals surface area contributed by atoms with Gasteiger partial charge in [0, 0.05) is 76.4 Å². The van der Waals surface area contributed by atoms with Gasteiger partial charge >= 0.3 is 0 Å². The van der Waals surface area contributed by atoms with E-state index in [-0.39, 0.29) is 11.9 Å². The maximum Gasteiger partial charge on any atom is 0.224 e. The molecule has 0 saturated carbocycles. The van der Waals surface area contributed by atoms with Crippen molar-refractivity contribution in [3.05, 3.63) is 42.5 Å². The summed E-state index contributed by atoms with van der Waals surface area (Å²) < 4.78 is 3.94. The van der Waals surface area contributed by atoms with Crippen LogP contribution in [-0.4, -0.2) is 56.2 Å². The lowest BCUT2D eigenvalue weighted by Gasteiger charge is -2.23. The second-order valence-electron chi connectivity index (χ2n) is 6.72. The predicted molar refractivity (Wildman–Crippen MR) is 93.4 cm³/mol. The Labute approximate surface area is 143 Å². The van der Waals surface area contributed by atoms with Crippen molar-refractivity contribution in [2.24, 2.45) is 7.05 Å². The molecule has 6 nitrogen and oxygen atoms in total. The van der Waals surface area contributed by atoms with Gasteiger partial charge in [0.25, 0.3) is 0 Å². The summed E-state index contributed by atoms with van der Waals surface area (Å²) in [4.78, 5) is 17.1. The smallest absolute Gasteiger partial charge is 0.224 e. The molecule has 130 valence electrons. The summed E-state index contributed by atoms with van der Waals surface area (Å²) >= 11 is 0. The van der Waals surface area contributed by atoms with Crippen LogP contribution in [0.2, 0.25) is 0 Å². The second kappa shape index (κ2) is 7.66. The molecule has 1 fully saturated rings. The summed E-state index contributed by atoms with van der Waals surface area (Å²) in [7, 11) is 1.94. The van der Waals surface area contributed by atoms with Crippen LogP contribution >= 0.6 is 0 Å². The minimum Gasteiger partial charge on any atom is -0.351 e. The highest BCUT2D eigenvalue weighted by molar-refractivity contribution is 5.76. The fourth-order valence-electron chi connectivity index (χ4n) is 3.32. The largest absolute Gasteiger partial charge is 0.351 e. The highest BCUT2D eigenvalue weighted by Crippen LogP contribution is 2.15. The highest BCUT2D eigenvalue weighted by Gasteiger charge is 2.21. The van der Waals surface area contributed by atoms with Crippen molar-refractivity contribution in [3.8, 4) is 0 Å². The third-order valence-electron chi connectivity index (χ3n) is 4.71. The first kappa shape index (κ1) is 16.8. The Balaban J connectivity index is 1.50. The summed E-state index contributed by atoms with van der Waals surface area (Å²) in [6, 6.07) is 4.22. The minimum absolute atomic E-state index is 0.210. The molecule has 0 spiro atoms. The first-order chi connectivity index (χ1) is 11.6. The van der Waals surface area contributed by atoms with Crippen LogP contribution in [0.15, 0.2) is 36.9 Å². The molecule has 24 heavy (non-hydrogen) atoms. The lowest BCUT2D eigenvalue weighted by Crippen LogP contribution is -2.36. The molecule has 1 saturated heterocycles. The molecular formula is C18H27N5O.